The Morgan fingerprint density at radius 2 is 1.08 bits per heavy atom. The molecule has 0 aromatic heterocycles. The highest BCUT2D eigenvalue weighted by Gasteiger charge is 2.61. The number of fused-ring (bicyclic) bond motifs is 9. The molecular weight excluding hydrogens is 821 g/mol. The van der Waals surface area contributed by atoms with Gasteiger partial charge in [-0.05, 0) is 89.4 Å². The van der Waals surface area contributed by atoms with Gasteiger partial charge in [0, 0.05) is 52.1 Å². The van der Waals surface area contributed by atoms with Crippen LogP contribution in [0, 0.1) is 5.92 Å². The Balaban J connectivity index is 1.25. The minimum absolute atomic E-state index is 0.00238. The summed E-state index contributed by atoms with van der Waals surface area (Å²) in [4.78, 5) is 0. The molecule has 16 heteroatoms. The number of phenolic OH excluding ortho intramolecular Hbond substituents is 11. The van der Waals surface area contributed by atoms with E-state index in [4.69, 9.17) is 14.2 Å². The van der Waals surface area contributed by atoms with Crippen LogP contribution in [0.5, 0.6) is 80.5 Å². The molecule has 8 atom stereocenters. The van der Waals surface area contributed by atoms with Gasteiger partial charge in [0.1, 0.15) is 58.2 Å². The zero-order valence-corrected chi connectivity index (χ0v) is 33.0. The van der Waals surface area contributed by atoms with E-state index < -0.39 is 81.9 Å². The van der Waals surface area contributed by atoms with Gasteiger partial charge in [-0.15, -0.1) is 0 Å². The highest BCUT2D eigenvalue weighted by Crippen LogP contribution is 2.65. The van der Waals surface area contributed by atoms with Crippen molar-refractivity contribution < 1.29 is 80.6 Å². The summed E-state index contributed by atoms with van der Waals surface area (Å²) >= 11 is 0. The van der Waals surface area contributed by atoms with Crippen LogP contribution in [-0.4, -0.2) is 78.6 Å². The normalized spacial score (nSPS) is 25.3. The number of ether oxygens (including phenoxy) is 3. The van der Waals surface area contributed by atoms with E-state index in [9.17, 15) is 66.4 Å². The second-order valence-electron chi connectivity index (χ2n) is 16.7. The van der Waals surface area contributed by atoms with Crippen molar-refractivity contribution in [2.24, 2.45) is 5.92 Å². The number of benzene rings is 6. The van der Waals surface area contributed by atoms with Crippen LogP contribution >= 0.6 is 0 Å². The lowest BCUT2D eigenvalue weighted by Crippen LogP contribution is -2.57. The second kappa shape index (κ2) is 13.7. The molecule has 13 N–H and O–H groups in total. The van der Waals surface area contributed by atoms with E-state index in [0.717, 1.165) is 30.3 Å². The van der Waals surface area contributed by atoms with Crippen LogP contribution in [-0.2, 0) is 18.6 Å². The third-order valence-electron chi connectivity index (χ3n) is 13.1. The van der Waals surface area contributed by atoms with Gasteiger partial charge in [-0.1, -0.05) is 19.1 Å². The minimum atomic E-state index is -2.27. The number of hydrogen-bond acceptors (Lipinski definition) is 16. The monoisotopic (exact) mass is 860 g/mol. The lowest BCUT2D eigenvalue weighted by Gasteiger charge is -2.51. The molecule has 3 unspecified atom stereocenters. The van der Waals surface area contributed by atoms with Crippen LogP contribution < -0.4 is 14.2 Å². The molecule has 1 aliphatic carbocycles. The Hall–Kier alpha value is -7.56. The van der Waals surface area contributed by atoms with Crippen molar-refractivity contribution in [2.75, 3.05) is 0 Å². The van der Waals surface area contributed by atoms with Crippen LogP contribution in [0.3, 0.4) is 0 Å². The van der Waals surface area contributed by atoms with Gasteiger partial charge in [0.15, 0.2) is 40.6 Å². The average molecular weight is 861 g/mol. The largest absolute Gasteiger partial charge is 0.508 e. The molecule has 0 saturated carbocycles. The van der Waals surface area contributed by atoms with Crippen molar-refractivity contribution in [1.29, 1.82) is 0 Å². The van der Waals surface area contributed by atoms with E-state index in [1.54, 1.807) is 6.07 Å². The summed E-state index contributed by atoms with van der Waals surface area (Å²) in [6.07, 6.45) is -4.61. The van der Waals surface area contributed by atoms with Crippen LogP contribution in [0.2, 0.25) is 0 Å². The van der Waals surface area contributed by atoms with E-state index in [1.165, 1.54) is 42.5 Å². The molecule has 3 heterocycles. The fourth-order valence-corrected chi connectivity index (χ4v) is 10.1. The number of phenols is 11. The molecule has 324 valence electrons. The molecule has 0 spiro atoms. The number of aromatic hydroxyl groups is 11. The Bertz CT molecular complexity index is 2910. The SMILES string of the molecule is CC1Cc2c(O)cc(O)c(C3c4c(O)cc5c(c4O[C@H](c4ccc(O)c(O)c4)[C@H]3O)[C@H]3c4c(O)cc(O)cc4O[C@@](c4ccc(O)c(O)c4)(O5)[C@@H]3O)c2CC1c1ccc(O)c(O)c1. The number of aliphatic hydroxyl groups is 2. The van der Waals surface area contributed by atoms with Crippen molar-refractivity contribution in [3.8, 4) is 80.5 Å². The number of hydrogen-bond donors (Lipinski definition) is 13. The fraction of sp³-hybridized carbons (Fsp3) is 0.234. The standard InChI is InChI=1S/C47H40O16/c1-17-8-23-24(14-22(17)18-2-5-25(49)29(53)9-18)37(33(57)15-28(23)52)41-39-34(58)16-36-40(45(39)61-44(43(41)59)19-3-6-26(50)30(54)10-19)42-38-32(56)12-21(48)13-35(38)62-47(63-36,46(42)60)20-4-7-27(51)31(55)11-20/h2-7,9-13,15-17,22,41-44,46,48-60H,8,14H2,1H3/t17?,22?,41?,42-,43+,44-,46-,47+/m1/s1. The van der Waals surface area contributed by atoms with Gasteiger partial charge in [0.05, 0.1) is 11.8 Å². The van der Waals surface area contributed by atoms with Gasteiger partial charge in [-0.3, -0.25) is 0 Å². The average Bonchev–Trinajstić information content (AvgIpc) is 3.22. The van der Waals surface area contributed by atoms with Crippen molar-refractivity contribution >= 4 is 0 Å². The molecule has 6 aromatic carbocycles. The molecule has 16 nitrogen and oxygen atoms in total. The Labute approximate surface area is 356 Å². The fourth-order valence-electron chi connectivity index (χ4n) is 10.1. The summed E-state index contributed by atoms with van der Waals surface area (Å²) in [6.45, 7) is 1.94. The highest BCUT2D eigenvalue weighted by atomic mass is 16.7. The molecule has 0 fully saturated rings. The van der Waals surface area contributed by atoms with Crippen LogP contribution in [0.15, 0.2) is 78.9 Å². The van der Waals surface area contributed by atoms with Crippen molar-refractivity contribution in [3.63, 3.8) is 0 Å². The van der Waals surface area contributed by atoms with Gasteiger partial charge in [-0.25, -0.2) is 0 Å². The van der Waals surface area contributed by atoms with Gasteiger partial charge >= 0.3 is 5.79 Å². The summed E-state index contributed by atoms with van der Waals surface area (Å²) in [5.74, 6) is -11.2. The van der Waals surface area contributed by atoms with E-state index in [2.05, 4.69) is 0 Å². The zero-order valence-electron chi connectivity index (χ0n) is 33.0. The van der Waals surface area contributed by atoms with Crippen molar-refractivity contribution in [1.82, 2.24) is 0 Å². The molecule has 0 amide bonds. The third-order valence-corrected chi connectivity index (χ3v) is 13.1. The Kier molecular flexibility index (Phi) is 8.62. The van der Waals surface area contributed by atoms with E-state index in [1.807, 2.05) is 6.92 Å². The molecule has 0 saturated heterocycles. The highest BCUT2D eigenvalue weighted by molar-refractivity contribution is 5.71. The molecule has 63 heavy (non-hydrogen) atoms. The first-order chi connectivity index (χ1) is 30.0. The summed E-state index contributed by atoms with van der Waals surface area (Å²) < 4.78 is 19.5. The zero-order chi connectivity index (χ0) is 44.5. The first-order valence-corrected chi connectivity index (χ1v) is 20.0. The molecule has 0 radical (unpaired) electrons. The number of rotatable bonds is 4. The topological polar surface area (TPSA) is 291 Å². The number of aliphatic hydroxyl groups excluding tert-OH is 2. The predicted octanol–water partition coefficient (Wildman–Crippen LogP) is 5.72. The van der Waals surface area contributed by atoms with Crippen molar-refractivity contribution in [2.45, 2.75) is 61.6 Å². The van der Waals surface area contributed by atoms with Gasteiger partial charge in [0.25, 0.3) is 0 Å². The third kappa shape index (κ3) is 5.74. The van der Waals surface area contributed by atoms with E-state index in [0.29, 0.717) is 16.7 Å². The summed E-state index contributed by atoms with van der Waals surface area (Å²) in [7, 11) is 0. The van der Waals surface area contributed by atoms with E-state index in [-0.39, 0.29) is 92.6 Å². The maximum Gasteiger partial charge on any atom is 0.305 e. The maximum atomic E-state index is 12.6. The molecule has 6 aromatic rings. The van der Waals surface area contributed by atoms with Gasteiger partial charge in [-0.2, -0.15) is 0 Å². The molecule has 4 aliphatic rings. The van der Waals surface area contributed by atoms with Crippen LogP contribution in [0.25, 0.3) is 0 Å². The minimum Gasteiger partial charge on any atom is -0.508 e. The smallest absolute Gasteiger partial charge is 0.305 e. The molecule has 2 bridgehead atoms. The lowest BCUT2D eigenvalue weighted by molar-refractivity contribution is -0.219. The first kappa shape index (κ1) is 39.6. The Morgan fingerprint density at radius 3 is 1.75 bits per heavy atom. The molecule has 10 rings (SSSR count). The van der Waals surface area contributed by atoms with Crippen molar-refractivity contribution in [3.05, 3.63) is 129 Å². The summed E-state index contributed by atoms with van der Waals surface area (Å²) in [5.41, 5.74) is 1.49. The summed E-state index contributed by atoms with van der Waals surface area (Å²) in [6, 6.07) is 16.2. The Morgan fingerprint density at radius 1 is 0.492 bits per heavy atom. The predicted molar refractivity (Wildman–Crippen MR) is 218 cm³/mol. The molecular formula is C47H40O16. The first-order valence-electron chi connectivity index (χ1n) is 20.0. The second-order valence-corrected chi connectivity index (χ2v) is 16.7. The molecule has 3 aliphatic heterocycles. The maximum absolute atomic E-state index is 12.6. The van der Waals surface area contributed by atoms with Gasteiger partial charge < -0.3 is 80.6 Å². The quantitative estimate of drug-likeness (QED) is 0.0943. The van der Waals surface area contributed by atoms with Crippen LogP contribution in [0.1, 0.15) is 80.9 Å². The summed E-state index contributed by atoms with van der Waals surface area (Å²) in [5, 5.41) is 145. The lowest BCUT2D eigenvalue weighted by atomic mass is 9.67. The van der Waals surface area contributed by atoms with E-state index >= 15 is 0 Å². The van der Waals surface area contributed by atoms with Crippen LogP contribution in [0.4, 0.5) is 0 Å². The van der Waals surface area contributed by atoms with Gasteiger partial charge in [0.2, 0.25) is 0 Å².